The van der Waals surface area contributed by atoms with Crippen molar-refractivity contribution >= 4 is 0 Å². The van der Waals surface area contributed by atoms with E-state index in [-0.39, 0.29) is 6.10 Å². The molecule has 0 amide bonds. The van der Waals surface area contributed by atoms with Crippen LogP contribution in [-0.2, 0) is 6.42 Å². The molecule has 2 nitrogen and oxygen atoms in total. The molecule has 2 atom stereocenters. The van der Waals surface area contributed by atoms with E-state index in [2.05, 4.69) is 26.8 Å². The Kier molecular flexibility index (Phi) is 6.20. The van der Waals surface area contributed by atoms with Crippen LogP contribution in [0.3, 0.4) is 0 Å². The second kappa shape index (κ2) is 7.42. The molecule has 1 aliphatic carbocycles. The number of unbranched alkanes of at least 4 members (excludes halogenated alkanes) is 1. The molecule has 0 fully saturated rings. The van der Waals surface area contributed by atoms with Crippen molar-refractivity contribution in [2.75, 3.05) is 6.61 Å². The van der Waals surface area contributed by atoms with Gasteiger partial charge in [0.25, 0.3) is 0 Å². The number of fused-ring (bicyclic) bond motifs is 1. The Morgan fingerprint density at radius 2 is 1.89 bits per heavy atom. The Morgan fingerprint density at radius 3 is 2.44 bits per heavy atom. The number of hydrogen-bond acceptors (Lipinski definition) is 2. The summed E-state index contributed by atoms with van der Waals surface area (Å²) < 4.78 is 5.40. The summed E-state index contributed by atoms with van der Waals surface area (Å²) in [5, 5.41) is 9.89. The van der Waals surface area contributed by atoms with E-state index in [1.807, 2.05) is 19.1 Å². The highest BCUT2D eigenvalue weighted by molar-refractivity contribution is 5.40. The lowest BCUT2D eigenvalue weighted by atomic mass is 10.1. The number of benzene rings is 1. The molecule has 1 aromatic carbocycles. The lowest BCUT2D eigenvalue weighted by Crippen LogP contribution is -2.01. The van der Waals surface area contributed by atoms with E-state index in [9.17, 15) is 5.11 Å². The summed E-state index contributed by atoms with van der Waals surface area (Å²) >= 11 is 0. The van der Waals surface area contributed by atoms with Crippen molar-refractivity contribution in [2.24, 2.45) is 5.92 Å². The van der Waals surface area contributed by atoms with E-state index in [1.165, 1.54) is 18.4 Å². The predicted molar refractivity (Wildman–Crippen MR) is 76.0 cm³/mol. The van der Waals surface area contributed by atoms with E-state index < -0.39 is 0 Å². The third-order valence-corrected chi connectivity index (χ3v) is 3.33. The molecule has 0 saturated carbocycles. The minimum Gasteiger partial charge on any atom is -0.494 e. The van der Waals surface area contributed by atoms with Crippen LogP contribution in [0.25, 0.3) is 0 Å². The summed E-state index contributed by atoms with van der Waals surface area (Å²) in [6.07, 6.45) is 3.30. The fourth-order valence-corrected chi connectivity index (χ4v) is 2.06. The number of aliphatic hydroxyl groups is 1. The van der Waals surface area contributed by atoms with Crippen molar-refractivity contribution in [1.29, 1.82) is 0 Å². The van der Waals surface area contributed by atoms with Gasteiger partial charge in [0, 0.05) is 0 Å². The molecule has 0 radical (unpaired) electrons. The summed E-state index contributed by atoms with van der Waals surface area (Å²) in [4.78, 5) is 0. The van der Waals surface area contributed by atoms with Crippen molar-refractivity contribution in [3.8, 4) is 5.75 Å². The first-order valence-electron chi connectivity index (χ1n) is 7.07. The Hall–Kier alpha value is -1.02. The average molecular weight is 250 g/mol. The molecule has 2 heteroatoms. The van der Waals surface area contributed by atoms with Gasteiger partial charge in [0.2, 0.25) is 0 Å². The SMILES string of the molecule is CCCC.CCOc1ccc2c(c1)C(O)C(C)C2. The van der Waals surface area contributed by atoms with Gasteiger partial charge in [-0.2, -0.15) is 0 Å². The van der Waals surface area contributed by atoms with Crippen LogP contribution in [0.15, 0.2) is 18.2 Å². The maximum absolute atomic E-state index is 9.89. The Morgan fingerprint density at radius 1 is 1.22 bits per heavy atom. The fourth-order valence-electron chi connectivity index (χ4n) is 2.06. The normalized spacial score (nSPS) is 20.9. The zero-order chi connectivity index (χ0) is 13.5. The number of hydrogen-bond donors (Lipinski definition) is 1. The topological polar surface area (TPSA) is 29.5 Å². The second-order valence-electron chi connectivity index (χ2n) is 4.92. The van der Waals surface area contributed by atoms with Gasteiger partial charge < -0.3 is 9.84 Å². The van der Waals surface area contributed by atoms with Gasteiger partial charge in [-0.15, -0.1) is 0 Å². The van der Waals surface area contributed by atoms with Crippen LogP contribution in [0.4, 0.5) is 0 Å². The highest BCUT2D eigenvalue weighted by Gasteiger charge is 2.27. The summed E-state index contributed by atoms with van der Waals surface area (Å²) in [6.45, 7) is 9.07. The molecule has 1 aromatic rings. The number of ether oxygens (including phenoxy) is 1. The average Bonchev–Trinajstić information content (AvgIpc) is 2.66. The van der Waals surface area contributed by atoms with Gasteiger partial charge in [-0.25, -0.2) is 0 Å². The Labute approximate surface area is 111 Å². The first kappa shape index (κ1) is 15.0. The van der Waals surface area contributed by atoms with Crippen LogP contribution in [0.5, 0.6) is 5.75 Å². The third-order valence-electron chi connectivity index (χ3n) is 3.33. The molecule has 0 heterocycles. The standard InChI is InChI=1S/C12H16O2.C4H10/c1-3-14-10-5-4-9-6-8(2)12(13)11(9)7-10;1-3-4-2/h4-5,7-8,12-13H,3,6H2,1-2H3;3-4H2,1-2H3. The van der Waals surface area contributed by atoms with Crippen LogP contribution >= 0.6 is 0 Å². The molecule has 1 aliphatic rings. The zero-order valence-corrected chi connectivity index (χ0v) is 12.1. The minimum absolute atomic E-state index is 0.314. The first-order valence-corrected chi connectivity index (χ1v) is 7.07. The van der Waals surface area contributed by atoms with Crippen LogP contribution in [0.1, 0.15) is 57.8 Å². The van der Waals surface area contributed by atoms with Crippen molar-refractivity contribution < 1.29 is 9.84 Å². The lowest BCUT2D eigenvalue weighted by molar-refractivity contribution is 0.132. The summed E-state index contributed by atoms with van der Waals surface area (Å²) in [7, 11) is 0. The van der Waals surface area contributed by atoms with Crippen LogP contribution < -0.4 is 4.74 Å². The zero-order valence-electron chi connectivity index (χ0n) is 12.1. The third kappa shape index (κ3) is 3.74. The van der Waals surface area contributed by atoms with Crippen molar-refractivity contribution in [1.82, 2.24) is 0 Å². The molecular formula is C16H26O2. The van der Waals surface area contributed by atoms with Crippen molar-refractivity contribution in [3.05, 3.63) is 29.3 Å². The van der Waals surface area contributed by atoms with Gasteiger partial charge in [0.1, 0.15) is 5.75 Å². The van der Waals surface area contributed by atoms with E-state index in [0.29, 0.717) is 12.5 Å². The molecule has 0 spiro atoms. The maximum Gasteiger partial charge on any atom is 0.119 e. The van der Waals surface area contributed by atoms with Gasteiger partial charge in [-0.1, -0.05) is 39.7 Å². The minimum atomic E-state index is -0.314. The first-order chi connectivity index (χ1) is 8.63. The Bertz CT molecular complexity index is 358. The van der Waals surface area contributed by atoms with E-state index in [1.54, 1.807) is 0 Å². The van der Waals surface area contributed by atoms with Crippen LogP contribution in [0.2, 0.25) is 0 Å². The lowest BCUT2D eigenvalue weighted by Gasteiger charge is -2.09. The second-order valence-corrected chi connectivity index (χ2v) is 4.92. The Balaban J connectivity index is 0.000000357. The van der Waals surface area contributed by atoms with Gasteiger partial charge in [-0.3, -0.25) is 0 Å². The molecule has 18 heavy (non-hydrogen) atoms. The molecule has 1 N–H and O–H groups in total. The molecule has 2 unspecified atom stereocenters. The smallest absolute Gasteiger partial charge is 0.119 e. The highest BCUT2D eigenvalue weighted by Crippen LogP contribution is 2.37. The monoisotopic (exact) mass is 250 g/mol. The number of rotatable bonds is 3. The molecule has 0 aliphatic heterocycles. The molecule has 0 aromatic heterocycles. The highest BCUT2D eigenvalue weighted by atomic mass is 16.5. The van der Waals surface area contributed by atoms with Gasteiger partial charge in [-0.05, 0) is 42.5 Å². The summed E-state index contributed by atoms with van der Waals surface area (Å²) in [5.41, 5.74) is 2.30. The molecule has 0 bridgehead atoms. The van der Waals surface area contributed by atoms with Gasteiger partial charge >= 0.3 is 0 Å². The molecular weight excluding hydrogens is 224 g/mol. The quantitative estimate of drug-likeness (QED) is 0.874. The van der Waals surface area contributed by atoms with Gasteiger partial charge in [0.15, 0.2) is 0 Å². The maximum atomic E-state index is 9.89. The molecule has 2 rings (SSSR count). The summed E-state index contributed by atoms with van der Waals surface area (Å²) in [6, 6.07) is 6.01. The van der Waals surface area contributed by atoms with Gasteiger partial charge in [0.05, 0.1) is 12.7 Å². The fraction of sp³-hybridized carbons (Fsp3) is 0.625. The van der Waals surface area contributed by atoms with E-state index in [0.717, 1.165) is 17.7 Å². The van der Waals surface area contributed by atoms with Crippen molar-refractivity contribution in [2.45, 2.75) is 53.1 Å². The predicted octanol–water partition coefficient (Wildman–Crippen LogP) is 4.12. The van der Waals surface area contributed by atoms with E-state index in [4.69, 9.17) is 4.74 Å². The van der Waals surface area contributed by atoms with E-state index >= 15 is 0 Å². The number of aliphatic hydroxyl groups excluding tert-OH is 1. The molecule has 102 valence electrons. The largest absolute Gasteiger partial charge is 0.494 e. The van der Waals surface area contributed by atoms with Crippen LogP contribution in [-0.4, -0.2) is 11.7 Å². The summed E-state index contributed by atoms with van der Waals surface area (Å²) in [5.74, 6) is 1.20. The molecule has 0 saturated heterocycles. The van der Waals surface area contributed by atoms with Crippen LogP contribution in [0, 0.1) is 5.92 Å². The van der Waals surface area contributed by atoms with Crippen molar-refractivity contribution in [3.63, 3.8) is 0 Å².